The smallest absolute Gasteiger partial charge is 0.303 e. The van der Waals surface area contributed by atoms with Crippen molar-refractivity contribution in [2.75, 3.05) is 0 Å². The van der Waals surface area contributed by atoms with Crippen molar-refractivity contribution in [3.63, 3.8) is 0 Å². The van der Waals surface area contributed by atoms with Crippen molar-refractivity contribution in [2.45, 2.75) is 39.7 Å². The van der Waals surface area contributed by atoms with Gasteiger partial charge in [0, 0.05) is 0 Å². The summed E-state index contributed by atoms with van der Waals surface area (Å²) in [5.41, 5.74) is 1.49. The van der Waals surface area contributed by atoms with Gasteiger partial charge in [0.05, 0.1) is 12.5 Å². The highest BCUT2D eigenvalue weighted by atomic mass is 16.4. The number of aryl methyl sites for hydroxylation is 1. The van der Waals surface area contributed by atoms with E-state index in [2.05, 4.69) is 0 Å². The molecule has 0 heterocycles. The Morgan fingerprint density at radius 1 is 1.19 bits per heavy atom. The van der Waals surface area contributed by atoms with Gasteiger partial charge in [0.25, 0.3) is 0 Å². The van der Waals surface area contributed by atoms with E-state index >= 15 is 0 Å². The Kier molecular flexibility index (Phi) is 4.33. The molecule has 2 N–H and O–H groups in total. The lowest BCUT2D eigenvalue weighted by molar-refractivity contribution is -0.139. The van der Waals surface area contributed by atoms with Crippen molar-refractivity contribution in [3.8, 4) is 0 Å². The van der Waals surface area contributed by atoms with Gasteiger partial charge in [-0.05, 0) is 40.7 Å². The molecule has 0 aliphatic rings. The predicted molar refractivity (Wildman–Crippen MR) is 84.3 cm³/mol. The molecule has 112 valence electrons. The molecule has 3 heteroatoms. The molecule has 1 atom stereocenters. The minimum atomic E-state index is -0.832. The van der Waals surface area contributed by atoms with Crippen LogP contribution in [0.1, 0.15) is 43.9 Å². The molecule has 3 nitrogen and oxygen atoms in total. The molecule has 0 spiro atoms. The van der Waals surface area contributed by atoms with Crippen LogP contribution >= 0.6 is 0 Å². The van der Waals surface area contributed by atoms with Gasteiger partial charge >= 0.3 is 5.97 Å². The van der Waals surface area contributed by atoms with Crippen molar-refractivity contribution in [1.82, 2.24) is 0 Å². The summed E-state index contributed by atoms with van der Waals surface area (Å²) in [6.45, 7) is 5.74. The second-order valence-electron chi connectivity index (χ2n) is 6.47. The maximum absolute atomic E-state index is 10.9. The Morgan fingerprint density at radius 3 is 2.52 bits per heavy atom. The number of carbonyl (C=O) groups is 1. The van der Waals surface area contributed by atoms with Gasteiger partial charge < -0.3 is 10.2 Å². The number of benzene rings is 2. The number of hydrogen-bond donors (Lipinski definition) is 2. The molecule has 21 heavy (non-hydrogen) atoms. The largest absolute Gasteiger partial charge is 0.481 e. The summed E-state index contributed by atoms with van der Waals surface area (Å²) in [6, 6.07) is 12.0. The van der Waals surface area contributed by atoms with Gasteiger partial charge in [-0.3, -0.25) is 4.79 Å². The van der Waals surface area contributed by atoms with Gasteiger partial charge in [-0.15, -0.1) is 0 Å². The standard InChI is InChI=1S/C18H22O3/c1-12-8-9-13-6-4-5-7-14(13)17(12)15(19)10-18(2,3)11-16(20)21/h4-9,15,19H,10-11H2,1-3H3,(H,20,21). The van der Waals surface area contributed by atoms with Crippen molar-refractivity contribution >= 4 is 16.7 Å². The third kappa shape index (κ3) is 3.61. The van der Waals surface area contributed by atoms with Crippen LogP contribution in [0.4, 0.5) is 0 Å². The number of aliphatic hydroxyl groups excluding tert-OH is 1. The van der Waals surface area contributed by atoms with E-state index < -0.39 is 17.5 Å². The monoisotopic (exact) mass is 286 g/mol. The second-order valence-corrected chi connectivity index (χ2v) is 6.47. The Hall–Kier alpha value is -1.87. The molecule has 0 amide bonds. The third-order valence-electron chi connectivity index (χ3n) is 3.90. The van der Waals surface area contributed by atoms with Crippen LogP contribution in [0.2, 0.25) is 0 Å². The maximum atomic E-state index is 10.9. The molecule has 0 saturated carbocycles. The van der Waals surface area contributed by atoms with Gasteiger partial charge in [0.2, 0.25) is 0 Å². The molecular formula is C18H22O3. The quantitative estimate of drug-likeness (QED) is 0.871. The summed E-state index contributed by atoms with van der Waals surface area (Å²) >= 11 is 0. The van der Waals surface area contributed by atoms with Crippen molar-refractivity contribution in [3.05, 3.63) is 47.5 Å². The van der Waals surface area contributed by atoms with Gasteiger partial charge in [-0.2, -0.15) is 0 Å². The molecular weight excluding hydrogens is 264 g/mol. The highest BCUT2D eigenvalue weighted by Gasteiger charge is 2.27. The van der Waals surface area contributed by atoms with E-state index in [4.69, 9.17) is 5.11 Å². The average molecular weight is 286 g/mol. The summed E-state index contributed by atoms with van der Waals surface area (Å²) in [5, 5.41) is 21.8. The molecule has 2 aromatic carbocycles. The van der Waals surface area contributed by atoms with Crippen molar-refractivity contribution in [2.24, 2.45) is 5.41 Å². The molecule has 2 aromatic rings. The minimum Gasteiger partial charge on any atom is -0.481 e. The number of carboxylic acids is 1. The van der Waals surface area contributed by atoms with E-state index in [1.165, 1.54) is 0 Å². The zero-order valence-electron chi connectivity index (χ0n) is 12.8. The molecule has 1 unspecified atom stereocenters. The summed E-state index contributed by atoms with van der Waals surface area (Å²) in [6.07, 6.45) is -0.187. The SMILES string of the molecule is Cc1ccc2ccccc2c1C(O)CC(C)(C)CC(=O)O. The van der Waals surface area contributed by atoms with Crippen LogP contribution in [0, 0.1) is 12.3 Å². The van der Waals surface area contributed by atoms with E-state index in [1.54, 1.807) is 0 Å². The van der Waals surface area contributed by atoms with Crippen LogP contribution in [0.15, 0.2) is 36.4 Å². The van der Waals surface area contributed by atoms with Gasteiger partial charge in [0.15, 0.2) is 0 Å². The molecule has 0 saturated heterocycles. The first-order valence-corrected chi connectivity index (χ1v) is 7.18. The second kappa shape index (κ2) is 5.86. The van der Waals surface area contributed by atoms with E-state index in [9.17, 15) is 9.90 Å². The van der Waals surface area contributed by atoms with Crippen LogP contribution in [0.25, 0.3) is 10.8 Å². The first kappa shape index (κ1) is 15.5. The highest BCUT2D eigenvalue weighted by molar-refractivity contribution is 5.87. The first-order chi connectivity index (χ1) is 9.80. The normalized spacial score (nSPS) is 13.3. The van der Waals surface area contributed by atoms with Crippen LogP contribution < -0.4 is 0 Å². The number of carboxylic acid groups (broad SMARTS) is 1. The Bertz CT molecular complexity index is 659. The number of hydrogen-bond acceptors (Lipinski definition) is 2. The van der Waals surface area contributed by atoms with Gasteiger partial charge in [0.1, 0.15) is 0 Å². The van der Waals surface area contributed by atoms with E-state index in [-0.39, 0.29) is 6.42 Å². The lowest BCUT2D eigenvalue weighted by Crippen LogP contribution is -2.20. The Balaban J connectivity index is 2.37. The summed E-state index contributed by atoms with van der Waals surface area (Å²) < 4.78 is 0. The minimum absolute atomic E-state index is 0.0495. The lowest BCUT2D eigenvalue weighted by atomic mass is 9.80. The molecule has 0 fully saturated rings. The predicted octanol–water partition coefficient (Wildman–Crippen LogP) is 4.07. The van der Waals surface area contributed by atoms with Crippen LogP contribution in [0.3, 0.4) is 0 Å². The Labute approximate surface area is 125 Å². The van der Waals surface area contributed by atoms with Crippen LogP contribution in [-0.4, -0.2) is 16.2 Å². The summed E-state index contributed by atoms with van der Waals surface area (Å²) in [7, 11) is 0. The van der Waals surface area contributed by atoms with Gasteiger partial charge in [-0.1, -0.05) is 50.2 Å². The Morgan fingerprint density at radius 2 is 1.86 bits per heavy atom. The van der Waals surface area contributed by atoms with E-state index in [0.29, 0.717) is 6.42 Å². The summed E-state index contributed by atoms with van der Waals surface area (Å²) in [4.78, 5) is 10.9. The van der Waals surface area contributed by atoms with Crippen molar-refractivity contribution in [1.29, 1.82) is 0 Å². The number of fused-ring (bicyclic) bond motifs is 1. The van der Waals surface area contributed by atoms with Crippen LogP contribution in [0.5, 0.6) is 0 Å². The zero-order chi connectivity index (χ0) is 15.6. The fourth-order valence-corrected chi connectivity index (χ4v) is 2.95. The van der Waals surface area contributed by atoms with Crippen LogP contribution in [-0.2, 0) is 4.79 Å². The molecule has 0 aliphatic heterocycles. The first-order valence-electron chi connectivity index (χ1n) is 7.18. The molecule has 0 aliphatic carbocycles. The fourth-order valence-electron chi connectivity index (χ4n) is 2.95. The summed E-state index contributed by atoms with van der Waals surface area (Å²) in [5.74, 6) is -0.832. The highest BCUT2D eigenvalue weighted by Crippen LogP contribution is 2.36. The molecule has 0 aromatic heterocycles. The number of aliphatic carboxylic acids is 1. The van der Waals surface area contributed by atoms with Crippen molar-refractivity contribution < 1.29 is 15.0 Å². The molecule has 2 rings (SSSR count). The van der Waals surface area contributed by atoms with E-state index in [0.717, 1.165) is 21.9 Å². The third-order valence-corrected chi connectivity index (χ3v) is 3.90. The van der Waals surface area contributed by atoms with E-state index in [1.807, 2.05) is 57.2 Å². The fraction of sp³-hybridized carbons (Fsp3) is 0.389. The van der Waals surface area contributed by atoms with Gasteiger partial charge in [-0.25, -0.2) is 0 Å². The zero-order valence-corrected chi connectivity index (χ0v) is 12.8. The topological polar surface area (TPSA) is 57.5 Å². The maximum Gasteiger partial charge on any atom is 0.303 e. The lowest BCUT2D eigenvalue weighted by Gasteiger charge is -2.27. The molecule has 0 bridgehead atoms. The molecule has 0 radical (unpaired) electrons. The number of aliphatic hydroxyl groups is 1. The average Bonchev–Trinajstić information content (AvgIpc) is 2.35. The number of rotatable bonds is 5.